The number of hydrogen-bond acceptors (Lipinski definition) is 6. The van der Waals surface area contributed by atoms with Gasteiger partial charge in [-0.3, -0.25) is 4.79 Å². The smallest absolute Gasteiger partial charge is 0.231 e. The van der Waals surface area contributed by atoms with E-state index in [1.807, 2.05) is 12.1 Å². The lowest BCUT2D eigenvalue weighted by Crippen LogP contribution is -2.31. The third-order valence-corrected chi connectivity index (χ3v) is 4.46. The van der Waals surface area contributed by atoms with Gasteiger partial charge in [0, 0.05) is 18.0 Å². The minimum absolute atomic E-state index is 0.0152. The van der Waals surface area contributed by atoms with Crippen molar-refractivity contribution in [3.8, 4) is 17.2 Å². The molecule has 2 aliphatic heterocycles. The van der Waals surface area contributed by atoms with Crippen LogP contribution in [0.2, 0.25) is 0 Å². The monoisotopic (exact) mass is 341 g/mol. The van der Waals surface area contributed by atoms with Gasteiger partial charge in [0.15, 0.2) is 17.3 Å². The van der Waals surface area contributed by atoms with Gasteiger partial charge in [0.1, 0.15) is 5.76 Å². The molecule has 6 heteroatoms. The fourth-order valence-corrected chi connectivity index (χ4v) is 3.36. The van der Waals surface area contributed by atoms with Crippen LogP contribution in [0.15, 0.2) is 35.0 Å². The Morgan fingerprint density at radius 2 is 2.36 bits per heavy atom. The highest BCUT2D eigenvalue weighted by Gasteiger charge is 2.31. The first-order chi connectivity index (χ1) is 12.3. The predicted molar refractivity (Wildman–Crippen MR) is 90.9 cm³/mol. The van der Waals surface area contributed by atoms with E-state index in [9.17, 15) is 4.79 Å². The first-order valence-corrected chi connectivity index (χ1v) is 8.23. The van der Waals surface area contributed by atoms with Gasteiger partial charge in [0.05, 0.1) is 13.4 Å². The highest BCUT2D eigenvalue weighted by atomic mass is 16.7. The molecule has 2 aliphatic rings. The van der Waals surface area contributed by atoms with Gasteiger partial charge < -0.3 is 23.9 Å². The number of rotatable bonds is 5. The van der Waals surface area contributed by atoms with Crippen molar-refractivity contribution < 1.29 is 23.4 Å². The number of hydrogen-bond donors (Lipinski definition) is 1. The molecule has 0 saturated heterocycles. The Labute approximate surface area is 145 Å². The summed E-state index contributed by atoms with van der Waals surface area (Å²) in [4.78, 5) is 12.4. The highest BCUT2D eigenvalue weighted by molar-refractivity contribution is 5.93. The van der Waals surface area contributed by atoms with Gasteiger partial charge in [-0.25, -0.2) is 0 Å². The number of fused-ring (bicyclic) bond motifs is 2. The molecule has 6 nitrogen and oxygen atoms in total. The summed E-state index contributed by atoms with van der Waals surface area (Å²) in [6.07, 6.45) is 6.00. The zero-order valence-electron chi connectivity index (χ0n) is 13.9. The molecule has 0 bridgehead atoms. The molecule has 1 aromatic heterocycles. The highest BCUT2D eigenvalue weighted by Crippen LogP contribution is 2.48. The number of nitrogens with one attached hydrogen (secondary N) is 1. The number of allylic oxidation sites excluding steroid dienone is 1. The molecule has 0 saturated carbocycles. The summed E-state index contributed by atoms with van der Waals surface area (Å²) in [5.74, 6) is 2.66. The molecule has 0 fully saturated rings. The summed E-state index contributed by atoms with van der Waals surface area (Å²) in [6.45, 7) is 0.993. The Kier molecular flexibility index (Phi) is 4.19. The second kappa shape index (κ2) is 6.64. The standard InChI is InChI=1S/C19H19NO5/c1-22-19-17-12(9-16-18(19)25-11-24-16)6-7-20-15(17)10-13(21)4-5-14-3-2-8-23-14/h2-5,8-9,15,20H,6-7,10-11H2,1H3/b5-4+. The maximum absolute atomic E-state index is 12.4. The molecule has 1 atom stereocenters. The third kappa shape index (κ3) is 3.00. The van der Waals surface area contributed by atoms with E-state index >= 15 is 0 Å². The van der Waals surface area contributed by atoms with E-state index in [1.54, 1.807) is 31.6 Å². The molecule has 25 heavy (non-hydrogen) atoms. The fourth-order valence-electron chi connectivity index (χ4n) is 3.36. The average molecular weight is 341 g/mol. The topological polar surface area (TPSA) is 69.9 Å². The number of methoxy groups -OCH3 is 1. The number of carbonyl (C=O) groups excluding carboxylic acids is 1. The van der Waals surface area contributed by atoms with Crippen molar-refractivity contribution in [2.75, 3.05) is 20.4 Å². The minimum Gasteiger partial charge on any atom is -0.492 e. The van der Waals surface area contributed by atoms with Gasteiger partial charge in [-0.1, -0.05) is 0 Å². The number of carbonyl (C=O) groups is 1. The Balaban J connectivity index is 1.60. The maximum atomic E-state index is 12.4. The van der Waals surface area contributed by atoms with Crippen molar-refractivity contribution in [2.24, 2.45) is 0 Å². The van der Waals surface area contributed by atoms with Crippen LogP contribution in [0.3, 0.4) is 0 Å². The third-order valence-electron chi connectivity index (χ3n) is 4.46. The fraction of sp³-hybridized carbons (Fsp3) is 0.316. The van der Waals surface area contributed by atoms with Crippen LogP contribution in [0.1, 0.15) is 29.3 Å². The van der Waals surface area contributed by atoms with Gasteiger partial charge in [-0.2, -0.15) is 0 Å². The summed E-state index contributed by atoms with van der Waals surface area (Å²) in [6, 6.07) is 5.47. The predicted octanol–water partition coefficient (Wildman–Crippen LogP) is 2.88. The number of ketones is 1. The minimum atomic E-state index is -0.123. The van der Waals surface area contributed by atoms with E-state index in [4.69, 9.17) is 18.6 Å². The summed E-state index contributed by atoms with van der Waals surface area (Å²) >= 11 is 0. The van der Waals surface area contributed by atoms with Gasteiger partial charge in [0.25, 0.3) is 0 Å². The van der Waals surface area contributed by atoms with Crippen LogP contribution in [0, 0.1) is 0 Å². The SMILES string of the molecule is COc1c2c(cc3c1C(CC(=O)/C=C/c1ccco1)NCC3)OCO2. The summed E-state index contributed by atoms with van der Waals surface area (Å²) in [7, 11) is 1.61. The molecule has 0 radical (unpaired) electrons. The van der Waals surface area contributed by atoms with Crippen LogP contribution in [-0.2, 0) is 11.2 Å². The number of benzene rings is 1. The molecule has 3 heterocycles. The van der Waals surface area contributed by atoms with E-state index in [-0.39, 0.29) is 18.6 Å². The Bertz CT molecular complexity index is 810. The Morgan fingerprint density at radius 3 is 3.16 bits per heavy atom. The lowest BCUT2D eigenvalue weighted by molar-refractivity contribution is -0.115. The first-order valence-electron chi connectivity index (χ1n) is 8.23. The second-order valence-corrected chi connectivity index (χ2v) is 5.99. The summed E-state index contributed by atoms with van der Waals surface area (Å²) < 4.78 is 21.9. The van der Waals surface area contributed by atoms with Crippen molar-refractivity contribution in [2.45, 2.75) is 18.9 Å². The first kappa shape index (κ1) is 15.8. The van der Waals surface area contributed by atoms with Crippen molar-refractivity contribution in [3.63, 3.8) is 0 Å². The average Bonchev–Trinajstić information content (AvgIpc) is 3.29. The van der Waals surface area contributed by atoms with Gasteiger partial charge >= 0.3 is 0 Å². The Morgan fingerprint density at radius 1 is 1.44 bits per heavy atom. The van der Waals surface area contributed by atoms with Crippen molar-refractivity contribution in [1.82, 2.24) is 5.32 Å². The molecule has 1 unspecified atom stereocenters. The lowest BCUT2D eigenvalue weighted by Gasteiger charge is -2.28. The van der Waals surface area contributed by atoms with E-state index in [1.165, 1.54) is 0 Å². The van der Waals surface area contributed by atoms with Gasteiger partial charge in [-0.15, -0.1) is 0 Å². The normalized spacial score (nSPS) is 18.4. The van der Waals surface area contributed by atoms with Crippen LogP contribution in [0.4, 0.5) is 0 Å². The van der Waals surface area contributed by atoms with E-state index < -0.39 is 0 Å². The van der Waals surface area contributed by atoms with Crippen molar-refractivity contribution in [3.05, 3.63) is 47.4 Å². The van der Waals surface area contributed by atoms with E-state index in [0.29, 0.717) is 29.4 Å². The molecule has 130 valence electrons. The van der Waals surface area contributed by atoms with Crippen molar-refractivity contribution in [1.29, 1.82) is 0 Å². The quantitative estimate of drug-likeness (QED) is 0.844. The zero-order valence-corrected chi connectivity index (χ0v) is 13.9. The Hall–Kier alpha value is -2.73. The van der Waals surface area contributed by atoms with E-state index in [0.717, 1.165) is 24.1 Å². The molecule has 1 N–H and O–H groups in total. The molecule has 4 rings (SSSR count). The molecule has 0 spiro atoms. The molecular formula is C19H19NO5. The maximum Gasteiger partial charge on any atom is 0.231 e. The molecule has 2 aromatic rings. The largest absolute Gasteiger partial charge is 0.492 e. The zero-order chi connectivity index (χ0) is 17.2. The molecular weight excluding hydrogens is 322 g/mol. The lowest BCUT2D eigenvalue weighted by atomic mass is 9.89. The molecule has 1 aromatic carbocycles. The van der Waals surface area contributed by atoms with Crippen LogP contribution >= 0.6 is 0 Å². The van der Waals surface area contributed by atoms with Gasteiger partial charge in [-0.05, 0) is 48.9 Å². The second-order valence-electron chi connectivity index (χ2n) is 5.99. The number of ether oxygens (including phenoxy) is 3. The molecule has 0 amide bonds. The van der Waals surface area contributed by atoms with Crippen LogP contribution < -0.4 is 19.5 Å². The van der Waals surface area contributed by atoms with E-state index in [2.05, 4.69) is 5.32 Å². The van der Waals surface area contributed by atoms with Crippen LogP contribution in [0.25, 0.3) is 6.08 Å². The molecule has 0 aliphatic carbocycles. The van der Waals surface area contributed by atoms with Gasteiger partial charge in [0.2, 0.25) is 12.5 Å². The van der Waals surface area contributed by atoms with Crippen molar-refractivity contribution >= 4 is 11.9 Å². The summed E-state index contributed by atoms with van der Waals surface area (Å²) in [5.41, 5.74) is 2.12. The summed E-state index contributed by atoms with van der Waals surface area (Å²) in [5, 5.41) is 3.41. The van der Waals surface area contributed by atoms with Crippen LogP contribution in [-0.4, -0.2) is 26.2 Å². The number of furan rings is 1. The van der Waals surface area contributed by atoms with Crippen LogP contribution in [0.5, 0.6) is 17.2 Å².